The van der Waals surface area contributed by atoms with Crippen LogP contribution in [0, 0.1) is 0 Å². The van der Waals surface area contributed by atoms with E-state index in [0.717, 1.165) is 40.3 Å². The number of nitrogens with one attached hydrogen (secondary N) is 1. The summed E-state index contributed by atoms with van der Waals surface area (Å²) in [5.74, 6) is 1.99. The molecule has 0 unspecified atom stereocenters. The molecule has 0 atom stereocenters. The maximum atomic E-state index is 5.66. The van der Waals surface area contributed by atoms with Crippen LogP contribution in [-0.4, -0.2) is 44.6 Å². The molecule has 0 radical (unpaired) electrons. The summed E-state index contributed by atoms with van der Waals surface area (Å²) in [6, 6.07) is 3.92. The molecule has 0 aliphatic rings. The van der Waals surface area contributed by atoms with E-state index in [0.29, 0.717) is 24.0 Å². The fourth-order valence-electron chi connectivity index (χ4n) is 2.99. The highest BCUT2D eigenvalue weighted by Gasteiger charge is 2.23. The van der Waals surface area contributed by atoms with E-state index in [2.05, 4.69) is 22.7 Å². The fourth-order valence-corrected chi connectivity index (χ4v) is 3.95. The third kappa shape index (κ3) is 3.54. The second-order valence-electron chi connectivity index (χ2n) is 5.96. The Morgan fingerprint density at radius 1 is 1.07 bits per heavy atom. The minimum Gasteiger partial charge on any atom is -0.496 e. The number of nitrogens with zero attached hydrogens (tertiary/aromatic N) is 2. The van der Waals surface area contributed by atoms with Crippen LogP contribution in [0.2, 0.25) is 0 Å². The highest BCUT2D eigenvalue weighted by molar-refractivity contribution is 7.16. The Balaban J connectivity index is 2.19. The van der Waals surface area contributed by atoms with E-state index in [-0.39, 0.29) is 0 Å². The van der Waals surface area contributed by atoms with Crippen molar-refractivity contribution in [2.24, 2.45) is 0 Å². The van der Waals surface area contributed by atoms with Crippen molar-refractivity contribution in [3.8, 4) is 28.6 Å². The Morgan fingerprint density at radius 2 is 1.78 bits per heavy atom. The van der Waals surface area contributed by atoms with E-state index in [1.54, 1.807) is 39.8 Å². The number of ether oxygens (including phenoxy) is 4. The van der Waals surface area contributed by atoms with Crippen LogP contribution in [0.25, 0.3) is 16.1 Å². The second kappa shape index (κ2) is 8.49. The highest BCUT2D eigenvalue weighted by Crippen LogP contribution is 2.44. The van der Waals surface area contributed by atoms with Gasteiger partial charge in [-0.2, -0.15) is 0 Å². The summed E-state index contributed by atoms with van der Waals surface area (Å²) < 4.78 is 23.9. The molecule has 0 amide bonds. The minimum absolute atomic E-state index is 0.479. The van der Waals surface area contributed by atoms with Gasteiger partial charge in [0.15, 0.2) is 0 Å². The standard InChI is InChI=1S/C19H25N3O4S/c1-6-7-20-17-18(26-5)21-22-13(11-27-19(17)22)16-14(24-3)8-12(10-23-2)9-15(16)25-4/h8-9,11,20H,6-7,10H2,1-5H3. The molecule has 8 heteroatoms. The van der Waals surface area contributed by atoms with Crippen molar-refractivity contribution in [3.05, 3.63) is 23.1 Å². The zero-order valence-corrected chi connectivity index (χ0v) is 17.1. The molecule has 27 heavy (non-hydrogen) atoms. The molecular formula is C19H25N3O4S. The van der Waals surface area contributed by atoms with Gasteiger partial charge < -0.3 is 24.3 Å². The van der Waals surface area contributed by atoms with E-state index in [9.17, 15) is 0 Å². The summed E-state index contributed by atoms with van der Waals surface area (Å²) in [6.45, 7) is 3.45. The van der Waals surface area contributed by atoms with Crippen molar-refractivity contribution in [2.45, 2.75) is 20.0 Å². The molecule has 1 N–H and O–H groups in total. The van der Waals surface area contributed by atoms with Crippen LogP contribution < -0.4 is 19.5 Å². The van der Waals surface area contributed by atoms with Crippen LogP contribution in [0.15, 0.2) is 17.5 Å². The zero-order valence-electron chi connectivity index (χ0n) is 16.3. The molecule has 2 aromatic heterocycles. The number of thiazole rings is 1. The lowest BCUT2D eigenvalue weighted by Gasteiger charge is -2.14. The predicted octanol–water partition coefficient (Wildman–Crippen LogP) is 4.06. The van der Waals surface area contributed by atoms with Crippen LogP contribution in [0.5, 0.6) is 17.4 Å². The Kier molecular flexibility index (Phi) is 6.08. The van der Waals surface area contributed by atoms with E-state index in [4.69, 9.17) is 18.9 Å². The first-order chi connectivity index (χ1) is 13.2. The maximum Gasteiger partial charge on any atom is 0.258 e. The summed E-state index contributed by atoms with van der Waals surface area (Å²) in [5.41, 5.74) is 3.61. The van der Waals surface area contributed by atoms with Crippen LogP contribution in [-0.2, 0) is 11.3 Å². The SMILES string of the molecule is CCCNc1c(OC)nn2c(-c3c(OC)cc(COC)cc3OC)csc12. The molecule has 0 bridgehead atoms. The molecule has 2 heterocycles. The average molecular weight is 391 g/mol. The van der Waals surface area contributed by atoms with Crippen LogP contribution in [0.3, 0.4) is 0 Å². The first kappa shape index (κ1) is 19.3. The van der Waals surface area contributed by atoms with Crippen molar-refractivity contribution in [1.29, 1.82) is 0 Å². The quantitative estimate of drug-likeness (QED) is 0.593. The number of fused-ring (bicyclic) bond motifs is 1. The van der Waals surface area contributed by atoms with Gasteiger partial charge in [0.1, 0.15) is 22.0 Å². The largest absolute Gasteiger partial charge is 0.496 e. The third-order valence-corrected chi connectivity index (χ3v) is 5.14. The third-order valence-electron chi connectivity index (χ3n) is 4.20. The van der Waals surface area contributed by atoms with Gasteiger partial charge in [-0.1, -0.05) is 6.92 Å². The van der Waals surface area contributed by atoms with Gasteiger partial charge in [0.05, 0.1) is 39.2 Å². The maximum absolute atomic E-state index is 5.66. The van der Waals surface area contributed by atoms with Crippen molar-refractivity contribution >= 4 is 21.9 Å². The molecule has 1 aromatic carbocycles. The van der Waals surface area contributed by atoms with Crippen LogP contribution in [0.1, 0.15) is 18.9 Å². The molecular weight excluding hydrogens is 366 g/mol. The van der Waals surface area contributed by atoms with Crippen molar-refractivity contribution < 1.29 is 18.9 Å². The molecule has 0 saturated carbocycles. The highest BCUT2D eigenvalue weighted by atomic mass is 32.1. The number of benzene rings is 1. The van der Waals surface area contributed by atoms with Gasteiger partial charge in [-0.05, 0) is 24.1 Å². The van der Waals surface area contributed by atoms with Crippen molar-refractivity contribution in [2.75, 3.05) is 40.3 Å². The molecule has 0 aliphatic carbocycles. The molecule has 0 saturated heterocycles. The molecule has 0 fully saturated rings. The first-order valence-corrected chi connectivity index (χ1v) is 9.58. The lowest BCUT2D eigenvalue weighted by atomic mass is 10.1. The van der Waals surface area contributed by atoms with Gasteiger partial charge >= 0.3 is 0 Å². The van der Waals surface area contributed by atoms with E-state index in [1.807, 2.05) is 16.6 Å². The number of hydrogen-bond donors (Lipinski definition) is 1. The number of hydrogen-bond acceptors (Lipinski definition) is 7. The van der Waals surface area contributed by atoms with E-state index in [1.165, 1.54) is 0 Å². The summed E-state index contributed by atoms with van der Waals surface area (Å²) in [6.07, 6.45) is 1.02. The molecule has 146 valence electrons. The normalized spacial score (nSPS) is 11.0. The van der Waals surface area contributed by atoms with Crippen LogP contribution >= 0.6 is 11.3 Å². The van der Waals surface area contributed by atoms with Gasteiger partial charge in [0, 0.05) is 19.0 Å². The lowest BCUT2D eigenvalue weighted by molar-refractivity contribution is 0.184. The van der Waals surface area contributed by atoms with E-state index < -0.39 is 0 Å². The predicted molar refractivity (Wildman–Crippen MR) is 108 cm³/mol. The summed E-state index contributed by atoms with van der Waals surface area (Å²) in [5, 5.41) is 10.1. The molecule has 0 aliphatic heterocycles. The van der Waals surface area contributed by atoms with Gasteiger partial charge in [-0.15, -0.1) is 16.4 Å². The Bertz CT molecular complexity index is 894. The topological polar surface area (TPSA) is 66.3 Å². The van der Waals surface area contributed by atoms with E-state index >= 15 is 0 Å². The van der Waals surface area contributed by atoms with Gasteiger partial charge in [-0.25, -0.2) is 4.52 Å². The molecule has 3 rings (SSSR count). The Morgan fingerprint density at radius 3 is 2.33 bits per heavy atom. The van der Waals surface area contributed by atoms with Gasteiger partial charge in [-0.3, -0.25) is 0 Å². The van der Waals surface area contributed by atoms with Crippen molar-refractivity contribution in [1.82, 2.24) is 9.61 Å². The zero-order chi connectivity index (χ0) is 19.4. The number of anilines is 1. The fraction of sp³-hybridized carbons (Fsp3) is 0.421. The number of methoxy groups -OCH3 is 4. The summed E-state index contributed by atoms with van der Waals surface area (Å²) in [4.78, 5) is 0.986. The second-order valence-corrected chi connectivity index (χ2v) is 6.82. The summed E-state index contributed by atoms with van der Waals surface area (Å²) in [7, 11) is 6.59. The lowest BCUT2D eigenvalue weighted by Crippen LogP contribution is -2.00. The summed E-state index contributed by atoms with van der Waals surface area (Å²) >= 11 is 1.60. The number of aromatic nitrogens is 2. The average Bonchev–Trinajstić information content (AvgIpc) is 3.24. The molecule has 0 spiro atoms. The monoisotopic (exact) mass is 391 g/mol. The van der Waals surface area contributed by atoms with Crippen LogP contribution in [0.4, 0.5) is 5.69 Å². The Hall–Kier alpha value is -2.45. The smallest absolute Gasteiger partial charge is 0.258 e. The minimum atomic E-state index is 0.479. The number of rotatable bonds is 9. The van der Waals surface area contributed by atoms with Crippen molar-refractivity contribution in [3.63, 3.8) is 0 Å². The molecule has 3 aromatic rings. The first-order valence-electron chi connectivity index (χ1n) is 8.70. The molecule has 7 nitrogen and oxygen atoms in total. The van der Waals surface area contributed by atoms with Gasteiger partial charge in [0.25, 0.3) is 5.88 Å². The Labute approximate surface area is 162 Å². The van der Waals surface area contributed by atoms with Gasteiger partial charge in [0.2, 0.25) is 0 Å².